The lowest BCUT2D eigenvalue weighted by Crippen LogP contribution is -2.55. The Kier molecular flexibility index (Phi) is 4.78. The van der Waals surface area contributed by atoms with Gasteiger partial charge in [0.1, 0.15) is 0 Å². The normalized spacial score (nSPS) is 26.8. The summed E-state index contributed by atoms with van der Waals surface area (Å²) in [4.78, 5) is 14.4. The Hall–Kier alpha value is -0.570. The van der Waals surface area contributed by atoms with Gasteiger partial charge in [0.05, 0.1) is 5.54 Å². The molecule has 0 radical (unpaired) electrons. The average Bonchev–Trinajstić information content (AvgIpc) is 2.77. The van der Waals surface area contributed by atoms with Gasteiger partial charge in [0.25, 0.3) is 0 Å². The number of nitrogens with one attached hydrogen (secondary N) is 1. The monoisotopic (exact) mass is 226 g/mol. The minimum absolute atomic E-state index is 0.267. The van der Waals surface area contributed by atoms with Gasteiger partial charge in [-0.15, -0.1) is 0 Å². The van der Waals surface area contributed by atoms with Gasteiger partial charge in [0, 0.05) is 13.1 Å². The Balaban J connectivity index is 2.67. The molecule has 1 aliphatic heterocycles. The van der Waals surface area contributed by atoms with E-state index in [2.05, 4.69) is 26.1 Å². The number of hydrogen-bond acceptors (Lipinski definition) is 2. The second-order valence-electron chi connectivity index (χ2n) is 5.02. The van der Waals surface area contributed by atoms with Crippen molar-refractivity contribution in [2.75, 3.05) is 13.6 Å². The van der Waals surface area contributed by atoms with E-state index in [1.807, 2.05) is 11.9 Å². The topological polar surface area (TPSA) is 32.3 Å². The van der Waals surface area contributed by atoms with Gasteiger partial charge in [-0.1, -0.05) is 20.3 Å². The Labute approximate surface area is 99.6 Å². The zero-order valence-corrected chi connectivity index (χ0v) is 11.2. The summed E-state index contributed by atoms with van der Waals surface area (Å²) in [6.07, 6.45) is 5.23. The molecule has 0 bridgehead atoms. The molecule has 2 atom stereocenters. The highest BCUT2D eigenvalue weighted by Gasteiger charge is 2.41. The molecule has 3 heteroatoms. The Morgan fingerprint density at radius 2 is 2.19 bits per heavy atom. The zero-order valence-electron chi connectivity index (χ0n) is 11.2. The van der Waals surface area contributed by atoms with Crippen LogP contribution in [0.1, 0.15) is 52.9 Å². The third-order valence-corrected chi connectivity index (χ3v) is 3.94. The van der Waals surface area contributed by atoms with Crippen molar-refractivity contribution in [3.63, 3.8) is 0 Å². The van der Waals surface area contributed by atoms with Crippen LogP contribution in [0.2, 0.25) is 0 Å². The van der Waals surface area contributed by atoms with Crippen molar-refractivity contribution in [3.8, 4) is 0 Å². The van der Waals surface area contributed by atoms with Crippen LogP contribution in [-0.4, -0.2) is 36.0 Å². The number of amides is 1. The highest BCUT2D eigenvalue weighted by atomic mass is 16.2. The fourth-order valence-electron chi connectivity index (χ4n) is 2.59. The third-order valence-electron chi connectivity index (χ3n) is 3.94. The van der Waals surface area contributed by atoms with E-state index in [-0.39, 0.29) is 11.4 Å². The fourth-order valence-corrected chi connectivity index (χ4v) is 2.59. The largest absolute Gasteiger partial charge is 0.341 e. The number of likely N-dealkylation sites (N-methyl/N-ethyl adjacent to an activating group) is 1. The van der Waals surface area contributed by atoms with Crippen LogP contribution in [-0.2, 0) is 4.79 Å². The maximum atomic E-state index is 12.5. The first kappa shape index (κ1) is 13.5. The molecule has 2 unspecified atom stereocenters. The van der Waals surface area contributed by atoms with Crippen LogP contribution in [0.4, 0.5) is 0 Å². The minimum Gasteiger partial charge on any atom is -0.341 e. The first-order valence-electron chi connectivity index (χ1n) is 6.59. The summed E-state index contributed by atoms with van der Waals surface area (Å²) in [7, 11) is 1.94. The van der Waals surface area contributed by atoms with Gasteiger partial charge in [-0.2, -0.15) is 0 Å². The highest BCUT2D eigenvalue weighted by Crippen LogP contribution is 2.26. The van der Waals surface area contributed by atoms with Crippen molar-refractivity contribution in [1.29, 1.82) is 0 Å². The van der Waals surface area contributed by atoms with Crippen molar-refractivity contribution in [1.82, 2.24) is 10.2 Å². The van der Waals surface area contributed by atoms with Gasteiger partial charge < -0.3 is 10.2 Å². The summed E-state index contributed by atoms with van der Waals surface area (Å²) in [5.41, 5.74) is -0.267. The quantitative estimate of drug-likeness (QED) is 0.779. The fraction of sp³-hybridized carbons (Fsp3) is 0.923. The van der Waals surface area contributed by atoms with Gasteiger partial charge in [-0.3, -0.25) is 4.79 Å². The predicted molar refractivity (Wildman–Crippen MR) is 67.4 cm³/mol. The van der Waals surface area contributed by atoms with Crippen molar-refractivity contribution in [3.05, 3.63) is 0 Å². The molecule has 0 spiro atoms. The van der Waals surface area contributed by atoms with Crippen LogP contribution in [0, 0.1) is 0 Å². The van der Waals surface area contributed by atoms with Crippen LogP contribution in [0.3, 0.4) is 0 Å². The summed E-state index contributed by atoms with van der Waals surface area (Å²) in [5.74, 6) is 0.286. The molecule has 0 aliphatic carbocycles. The van der Waals surface area contributed by atoms with Crippen molar-refractivity contribution in [2.45, 2.75) is 64.5 Å². The lowest BCUT2D eigenvalue weighted by molar-refractivity contribution is -0.138. The first-order valence-corrected chi connectivity index (χ1v) is 6.59. The molecule has 0 aromatic heterocycles. The molecule has 1 fully saturated rings. The molecule has 0 saturated carbocycles. The number of hydrogen-bond donors (Lipinski definition) is 1. The van der Waals surface area contributed by atoms with Crippen LogP contribution in [0.25, 0.3) is 0 Å². The first-order chi connectivity index (χ1) is 7.57. The number of carbonyl (C=O) groups excluding carboxylic acids is 1. The maximum Gasteiger partial charge on any atom is 0.242 e. The second-order valence-corrected chi connectivity index (χ2v) is 5.02. The molecule has 1 saturated heterocycles. The van der Waals surface area contributed by atoms with Crippen molar-refractivity contribution in [2.24, 2.45) is 0 Å². The number of carbonyl (C=O) groups is 1. The number of nitrogens with zero attached hydrogens (tertiary/aromatic N) is 1. The molecule has 1 rings (SSSR count). The molecule has 1 amide bonds. The summed E-state index contributed by atoms with van der Waals surface area (Å²) >= 11 is 0. The summed E-state index contributed by atoms with van der Waals surface area (Å²) < 4.78 is 0. The maximum absolute atomic E-state index is 12.5. The van der Waals surface area contributed by atoms with Gasteiger partial charge in [-0.25, -0.2) is 0 Å². The molecule has 3 nitrogen and oxygen atoms in total. The van der Waals surface area contributed by atoms with Gasteiger partial charge in [0.2, 0.25) is 5.91 Å². The predicted octanol–water partition coefficient (Wildman–Crippen LogP) is 2.17. The molecule has 0 aromatic rings. The SMILES string of the molecule is CCCC(C)N(C)C(=O)C1(CC)CCCN1. The number of rotatable bonds is 5. The summed E-state index contributed by atoms with van der Waals surface area (Å²) in [5, 5.41) is 3.41. The summed E-state index contributed by atoms with van der Waals surface area (Å²) in [6.45, 7) is 7.39. The van der Waals surface area contributed by atoms with Crippen molar-refractivity contribution < 1.29 is 4.79 Å². The Morgan fingerprint density at radius 1 is 1.50 bits per heavy atom. The van der Waals surface area contributed by atoms with E-state index in [9.17, 15) is 4.79 Å². The average molecular weight is 226 g/mol. The van der Waals surface area contributed by atoms with Crippen LogP contribution in [0.15, 0.2) is 0 Å². The van der Waals surface area contributed by atoms with Crippen LogP contribution >= 0.6 is 0 Å². The summed E-state index contributed by atoms with van der Waals surface area (Å²) in [6, 6.07) is 0.350. The molecular formula is C13H26N2O. The minimum atomic E-state index is -0.267. The Morgan fingerprint density at radius 3 is 2.62 bits per heavy atom. The van der Waals surface area contributed by atoms with E-state index in [4.69, 9.17) is 0 Å². The standard InChI is InChI=1S/C13H26N2O/c1-5-8-11(3)15(4)12(16)13(6-2)9-7-10-14-13/h11,14H,5-10H2,1-4H3. The lowest BCUT2D eigenvalue weighted by Gasteiger charge is -2.35. The van der Waals surface area contributed by atoms with Gasteiger partial charge in [-0.05, 0) is 39.2 Å². The molecule has 16 heavy (non-hydrogen) atoms. The Bertz CT molecular complexity index is 234. The molecular weight excluding hydrogens is 200 g/mol. The van der Waals surface area contributed by atoms with E-state index in [1.54, 1.807) is 0 Å². The van der Waals surface area contributed by atoms with E-state index in [1.165, 1.54) is 0 Å². The smallest absolute Gasteiger partial charge is 0.242 e. The highest BCUT2D eigenvalue weighted by molar-refractivity contribution is 5.86. The van der Waals surface area contributed by atoms with E-state index >= 15 is 0 Å². The second kappa shape index (κ2) is 5.67. The van der Waals surface area contributed by atoms with Gasteiger partial charge >= 0.3 is 0 Å². The molecule has 1 N–H and O–H groups in total. The van der Waals surface area contributed by atoms with Crippen LogP contribution in [0.5, 0.6) is 0 Å². The van der Waals surface area contributed by atoms with E-state index in [0.29, 0.717) is 6.04 Å². The molecule has 1 heterocycles. The molecule has 0 aromatic carbocycles. The molecule has 1 aliphatic rings. The lowest BCUT2D eigenvalue weighted by atomic mass is 9.92. The van der Waals surface area contributed by atoms with Crippen LogP contribution < -0.4 is 5.32 Å². The van der Waals surface area contributed by atoms with Crippen molar-refractivity contribution >= 4 is 5.91 Å². The van der Waals surface area contributed by atoms with E-state index in [0.717, 1.165) is 38.6 Å². The molecule has 94 valence electrons. The van der Waals surface area contributed by atoms with Gasteiger partial charge in [0.15, 0.2) is 0 Å². The van der Waals surface area contributed by atoms with E-state index < -0.39 is 0 Å². The third kappa shape index (κ3) is 2.57. The zero-order chi connectivity index (χ0) is 12.2.